The van der Waals surface area contributed by atoms with E-state index in [0.29, 0.717) is 38.3 Å². The number of likely N-dealkylation sites (N-methyl/N-ethyl adjacent to an activating group) is 4. The van der Waals surface area contributed by atoms with Gasteiger partial charge in [-0.2, -0.15) is 0 Å². The minimum Gasteiger partial charge on any atom is -0.488 e. The molecule has 6 rings (SSSR count). The molecule has 4 fully saturated rings. The van der Waals surface area contributed by atoms with Crippen LogP contribution in [0.4, 0.5) is 0 Å². The van der Waals surface area contributed by atoms with Crippen molar-refractivity contribution >= 4 is 0 Å². The van der Waals surface area contributed by atoms with Crippen LogP contribution in [0.1, 0.15) is 25.0 Å². The van der Waals surface area contributed by atoms with E-state index in [1.165, 1.54) is 11.1 Å². The van der Waals surface area contributed by atoms with E-state index in [9.17, 15) is 0 Å². The minimum absolute atomic E-state index is 0.475. The second-order valence-electron chi connectivity index (χ2n) is 17.9. The van der Waals surface area contributed by atoms with Crippen molar-refractivity contribution in [3.63, 3.8) is 0 Å². The first kappa shape index (κ1) is 44.9. The van der Waals surface area contributed by atoms with Gasteiger partial charge < -0.3 is 38.5 Å². The summed E-state index contributed by atoms with van der Waals surface area (Å²) in [4.78, 5) is 19.6. The van der Waals surface area contributed by atoms with Crippen LogP contribution >= 0.6 is 0 Å². The Kier molecular flexibility index (Phi) is 18.1. The molecule has 2 atom stereocenters. The van der Waals surface area contributed by atoms with Gasteiger partial charge in [0.15, 0.2) is 23.0 Å². The molecule has 4 heterocycles. The highest BCUT2D eigenvalue weighted by molar-refractivity contribution is 5.44. The molecular weight excluding hydrogens is 729 g/mol. The average Bonchev–Trinajstić information content (AvgIpc) is 3.22. The van der Waals surface area contributed by atoms with Gasteiger partial charge >= 0.3 is 0 Å². The molecule has 0 saturated carbocycles. The lowest BCUT2D eigenvalue weighted by atomic mass is 9.85. The van der Waals surface area contributed by atoms with Crippen LogP contribution in [0.25, 0.3) is 0 Å². The molecule has 0 amide bonds. The smallest absolute Gasteiger partial charge is 0.161 e. The number of rotatable bonds is 21. The fourth-order valence-corrected chi connectivity index (χ4v) is 8.39. The van der Waals surface area contributed by atoms with E-state index < -0.39 is 0 Å². The van der Waals surface area contributed by atoms with Gasteiger partial charge in [0.05, 0.1) is 0 Å². The zero-order chi connectivity index (χ0) is 40.7. The van der Waals surface area contributed by atoms with Crippen molar-refractivity contribution in [2.24, 2.45) is 11.8 Å². The van der Waals surface area contributed by atoms with Gasteiger partial charge in [-0.25, -0.2) is 0 Å². The third-order valence-corrected chi connectivity index (χ3v) is 13.1. The number of nitrogens with zero attached hydrogens (tertiary/aromatic N) is 8. The van der Waals surface area contributed by atoms with Crippen LogP contribution in [0.2, 0.25) is 0 Å². The van der Waals surface area contributed by atoms with E-state index >= 15 is 0 Å². The molecule has 4 saturated heterocycles. The van der Waals surface area contributed by atoms with Crippen molar-refractivity contribution in [2.75, 3.05) is 186 Å². The van der Waals surface area contributed by atoms with E-state index in [2.05, 4.69) is 118 Å². The zero-order valence-electron chi connectivity index (χ0n) is 37.2. The van der Waals surface area contributed by atoms with Gasteiger partial charge in [-0.15, -0.1) is 0 Å². The molecule has 58 heavy (non-hydrogen) atoms. The van der Waals surface area contributed by atoms with Crippen LogP contribution in [0.15, 0.2) is 36.4 Å². The predicted molar refractivity (Wildman–Crippen MR) is 236 cm³/mol. The van der Waals surface area contributed by atoms with Crippen molar-refractivity contribution in [2.45, 2.75) is 26.7 Å². The summed E-state index contributed by atoms with van der Waals surface area (Å²) < 4.78 is 25.9. The molecule has 2 aromatic rings. The Labute approximate surface area is 351 Å². The highest BCUT2D eigenvalue weighted by Gasteiger charge is 2.21. The van der Waals surface area contributed by atoms with Gasteiger partial charge in [0, 0.05) is 131 Å². The molecular formula is C46H78N8O4. The molecule has 0 spiro atoms. The van der Waals surface area contributed by atoms with Crippen LogP contribution in [0.5, 0.6) is 23.0 Å². The third-order valence-electron chi connectivity index (χ3n) is 13.1. The quantitative estimate of drug-likeness (QED) is 0.186. The Morgan fingerprint density at radius 2 is 0.638 bits per heavy atom. The summed E-state index contributed by atoms with van der Waals surface area (Å²) in [6.07, 6.45) is 1.97. The third kappa shape index (κ3) is 14.8. The molecule has 0 bridgehead atoms. The summed E-state index contributed by atoms with van der Waals surface area (Å²) >= 11 is 0. The first-order chi connectivity index (χ1) is 28.2. The lowest BCUT2D eigenvalue weighted by Crippen LogP contribution is -2.45. The summed E-state index contributed by atoms with van der Waals surface area (Å²) in [7, 11) is 8.82. The Morgan fingerprint density at radius 1 is 0.379 bits per heavy atom. The van der Waals surface area contributed by atoms with Crippen LogP contribution in [0, 0.1) is 11.8 Å². The van der Waals surface area contributed by atoms with Crippen molar-refractivity contribution < 1.29 is 18.9 Å². The Hall–Kier alpha value is -2.68. The molecule has 12 heteroatoms. The Morgan fingerprint density at radius 3 is 0.914 bits per heavy atom. The van der Waals surface area contributed by atoms with E-state index in [4.69, 9.17) is 18.9 Å². The summed E-state index contributed by atoms with van der Waals surface area (Å²) in [5.41, 5.74) is 2.61. The van der Waals surface area contributed by atoms with Crippen molar-refractivity contribution in [1.29, 1.82) is 0 Å². The zero-order valence-corrected chi connectivity index (χ0v) is 37.2. The number of ether oxygens (including phenoxy) is 4. The lowest BCUT2D eigenvalue weighted by molar-refractivity contribution is 0.126. The molecule has 0 radical (unpaired) electrons. The number of piperazine rings is 4. The second kappa shape index (κ2) is 23.4. The molecule has 2 aromatic carbocycles. The number of benzene rings is 2. The van der Waals surface area contributed by atoms with Crippen LogP contribution in [0.3, 0.4) is 0 Å². The molecule has 4 aliphatic heterocycles. The van der Waals surface area contributed by atoms with Crippen molar-refractivity contribution in [3.8, 4) is 23.0 Å². The van der Waals surface area contributed by atoms with Crippen molar-refractivity contribution in [1.82, 2.24) is 39.2 Å². The topological polar surface area (TPSA) is 62.8 Å². The second-order valence-corrected chi connectivity index (χ2v) is 17.9. The molecule has 4 aliphatic rings. The Balaban J connectivity index is 1.05. The lowest BCUT2D eigenvalue weighted by Gasteiger charge is -2.32. The summed E-state index contributed by atoms with van der Waals surface area (Å²) in [6, 6.07) is 13.3. The van der Waals surface area contributed by atoms with E-state index in [-0.39, 0.29) is 0 Å². The predicted octanol–water partition coefficient (Wildman–Crippen LogP) is 3.25. The summed E-state index contributed by atoms with van der Waals surface area (Å²) in [5, 5.41) is 0. The van der Waals surface area contributed by atoms with Gasteiger partial charge in [-0.05, 0) is 88.3 Å². The van der Waals surface area contributed by atoms with Crippen molar-refractivity contribution in [3.05, 3.63) is 47.5 Å². The summed E-state index contributed by atoms with van der Waals surface area (Å²) in [5.74, 6) is 4.44. The number of hydrogen-bond donors (Lipinski definition) is 0. The van der Waals surface area contributed by atoms with Gasteiger partial charge in [-0.1, -0.05) is 26.0 Å². The number of hydrogen-bond acceptors (Lipinski definition) is 12. The Bertz CT molecular complexity index is 1360. The molecule has 12 nitrogen and oxygen atoms in total. The first-order valence-electron chi connectivity index (χ1n) is 22.6. The standard InChI is InChI=1S/C46H78N8O4/c1-39(35-41-7-9-43(55-31-27-51-19-11-47(3)12-20-51)45(37-41)57-33-29-53-23-15-49(5)16-24-53)40(2)36-42-8-10-44(56-32-28-52-21-13-48(4)14-22-52)46(38-42)58-34-30-54-25-17-50(6)18-26-54/h7-10,37-40H,11-36H2,1-6H3/t39-,40+. The van der Waals surface area contributed by atoms with Crippen LogP contribution in [-0.2, 0) is 12.8 Å². The molecule has 326 valence electrons. The van der Waals surface area contributed by atoms with E-state index in [1.54, 1.807) is 0 Å². The monoisotopic (exact) mass is 807 g/mol. The maximum absolute atomic E-state index is 6.53. The molecule has 0 N–H and O–H groups in total. The normalized spacial score (nSPS) is 21.6. The van der Waals surface area contributed by atoms with Gasteiger partial charge in [-0.3, -0.25) is 19.6 Å². The van der Waals surface area contributed by atoms with Gasteiger partial charge in [0.2, 0.25) is 0 Å². The van der Waals surface area contributed by atoms with Crippen LogP contribution < -0.4 is 18.9 Å². The average molecular weight is 807 g/mol. The maximum atomic E-state index is 6.53. The fourth-order valence-electron chi connectivity index (χ4n) is 8.39. The molecule has 0 aromatic heterocycles. The highest BCUT2D eigenvalue weighted by atomic mass is 16.5. The largest absolute Gasteiger partial charge is 0.488 e. The molecule has 0 unspecified atom stereocenters. The SMILES string of the molecule is C[C@H](Cc1ccc(OCCN2CCN(C)CC2)c(OCCN2CCN(C)CC2)c1)[C@@H](C)Cc1ccc(OCCN2CCN(C)CC2)c(OCCN2CCN(C)CC2)c1. The first-order valence-corrected chi connectivity index (χ1v) is 22.6. The summed E-state index contributed by atoms with van der Waals surface area (Å²) in [6.45, 7) is 29.0. The minimum atomic E-state index is 0.475. The van der Waals surface area contributed by atoms with Gasteiger partial charge in [0.1, 0.15) is 26.4 Å². The van der Waals surface area contributed by atoms with E-state index in [0.717, 1.165) is 167 Å². The van der Waals surface area contributed by atoms with Crippen LogP contribution in [-0.4, -0.2) is 225 Å². The molecule has 0 aliphatic carbocycles. The fraction of sp³-hybridized carbons (Fsp3) is 0.739. The highest BCUT2D eigenvalue weighted by Crippen LogP contribution is 2.33. The van der Waals surface area contributed by atoms with E-state index in [1.807, 2.05) is 0 Å². The van der Waals surface area contributed by atoms with Gasteiger partial charge in [0.25, 0.3) is 0 Å². The maximum Gasteiger partial charge on any atom is 0.161 e.